The second kappa shape index (κ2) is 7.81. The number of H-pyrrole nitrogens is 1. The van der Waals surface area contributed by atoms with Crippen LogP contribution in [0, 0.1) is 0 Å². The van der Waals surface area contributed by atoms with Gasteiger partial charge < -0.3 is 15.0 Å². The van der Waals surface area contributed by atoms with E-state index >= 15 is 0 Å². The molecule has 1 heterocycles. The molecule has 0 atom stereocenters. The Labute approximate surface area is 173 Å². The summed E-state index contributed by atoms with van der Waals surface area (Å²) >= 11 is 0. The molecule has 0 aliphatic rings. The third-order valence-corrected chi connectivity index (χ3v) is 5.91. The number of carbonyl (C=O) groups excluding carboxylic acids is 1. The van der Waals surface area contributed by atoms with Gasteiger partial charge in [-0.05, 0) is 41.5 Å². The number of carbonyl (C=O) groups is 1. The molecule has 0 radical (unpaired) electrons. The fraction of sp³-hybridized carbons (Fsp3) is 0.136. The van der Waals surface area contributed by atoms with E-state index in [-0.39, 0.29) is 17.2 Å². The molecule has 0 spiro atoms. The minimum absolute atomic E-state index is 0.0434. The fourth-order valence-electron chi connectivity index (χ4n) is 3.42. The molecule has 4 aromatic rings. The number of primary sulfonamides is 1. The van der Waals surface area contributed by atoms with Gasteiger partial charge in [-0.25, -0.2) is 13.6 Å². The zero-order chi connectivity index (χ0) is 21.3. The van der Waals surface area contributed by atoms with Crippen molar-refractivity contribution in [2.45, 2.75) is 17.9 Å². The third-order valence-electron chi connectivity index (χ3n) is 4.98. The summed E-state index contributed by atoms with van der Waals surface area (Å²) in [6.45, 7) is 0.304. The SMILES string of the molecule is COc1ccc2c(c1)[nH]c1cc(CC(=O)NCc3ccc(S(N)(=O)=O)cc3)ccc12. The molecular weight excluding hydrogens is 402 g/mol. The highest BCUT2D eigenvalue weighted by atomic mass is 32.2. The summed E-state index contributed by atoms with van der Waals surface area (Å²) in [6.07, 6.45) is 0.240. The highest BCUT2D eigenvalue weighted by molar-refractivity contribution is 7.89. The lowest BCUT2D eigenvalue weighted by Gasteiger charge is -2.07. The van der Waals surface area contributed by atoms with Gasteiger partial charge in [-0.1, -0.05) is 24.3 Å². The standard InChI is InChI=1S/C22H21N3O4S/c1-29-16-5-9-19-18-8-4-15(10-20(18)25-21(19)12-16)11-22(26)24-13-14-2-6-17(7-3-14)30(23,27)28/h2-10,12,25H,11,13H2,1H3,(H,24,26)(H2,23,27,28). The quantitative estimate of drug-likeness (QED) is 0.442. The topological polar surface area (TPSA) is 114 Å². The number of rotatable bonds is 6. The predicted octanol–water partition coefficient (Wildman–Crippen LogP) is 2.84. The smallest absolute Gasteiger partial charge is 0.238 e. The van der Waals surface area contributed by atoms with E-state index in [1.54, 1.807) is 19.2 Å². The fourth-order valence-corrected chi connectivity index (χ4v) is 3.93. The van der Waals surface area contributed by atoms with Crippen LogP contribution in [0.5, 0.6) is 5.75 Å². The van der Waals surface area contributed by atoms with Crippen molar-refractivity contribution >= 4 is 37.7 Å². The third kappa shape index (κ3) is 4.14. The molecule has 30 heavy (non-hydrogen) atoms. The number of hydrogen-bond donors (Lipinski definition) is 3. The van der Waals surface area contributed by atoms with Crippen molar-refractivity contribution in [3.8, 4) is 5.75 Å². The van der Waals surface area contributed by atoms with Gasteiger partial charge in [0.25, 0.3) is 0 Å². The van der Waals surface area contributed by atoms with Gasteiger partial charge in [0, 0.05) is 28.9 Å². The number of aromatic nitrogens is 1. The van der Waals surface area contributed by atoms with E-state index in [1.165, 1.54) is 12.1 Å². The molecule has 1 aromatic heterocycles. The molecule has 0 bridgehead atoms. The average molecular weight is 423 g/mol. The van der Waals surface area contributed by atoms with Gasteiger partial charge in [-0.15, -0.1) is 0 Å². The Hall–Kier alpha value is -3.36. The predicted molar refractivity (Wildman–Crippen MR) is 116 cm³/mol. The number of hydrogen-bond acceptors (Lipinski definition) is 4. The van der Waals surface area contributed by atoms with Gasteiger partial charge in [0.15, 0.2) is 0 Å². The summed E-state index contributed by atoms with van der Waals surface area (Å²) < 4.78 is 27.9. The van der Waals surface area contributed by atoms with E-state index in [2.05, 4.69) is 10.3 Å². The number of fused-ring (bicyclic) bond motifs is 3. The van der Waals surface area contributed by atoms with Crippen LogP contribution in [0.3, 0.4) is 0 Å². The maximum absolute atomic E-state index is 12.3. The number of methoxy groups -OCH3 is 1. The second-order valence-corrected chi connectivity index (χ2v) is 8.62. The molecule has 1 amide bonds. The highest BCUT2D eigenvalue weighted by Crippen LogP contribution is 2.29. The Morgan fingerprint density at radius 3 is 2.27 bits per heavy atom. The molecule has 0 aliphatic carbocycles. The van der Waals surface area contributed by atoms with Crippen molar-refractivity contribution in [2.24, 2.45) is 5.14 Å². The monoisotopic (exact) mass is 423 g/mol. The lowest BCUT2D eigenvalue weighted by atomic mass is 10.1. The average Bonchev–Trinajstić information content (AvgIpc) is 3.08. The summed E-state index contributed by atoms with van der Waals surface area (Å²) in [5.41, 5.74) is 3.62. The lowest BCUT2D eigenvalue weighted by molar-refractivity contribution is -0.120. The maximum atomic E-state index is 12.3. The molecule has 0 fully saturated rings. The van der Waals surface area contributed by atoms with Crippen LogP contribution in [0.4, 0.5) is 0 Å². The normalized spacial score (nSPS) is 11.7. The largest absolute Gasteiger partial charge is 0.497 e. The Morgan fingerprint density at radius 1 is 0.967 bits per heavy atom. The van der Waals surface area contributed by atoms with E-state index in [0.29, 0.717) is 6.54 Å². The number of aromatic amines is 1. The zero-order valence-corrected chi connectivity index (χ0v) is 17.1. The number of ether oxygens (including phenoxy) is 1. The van der Waals surface area contributed by atoms with Crippen molar-refractivity contribution in [3.63, 3.8) is 0 Å². The molecule has 0 saturated carbocycles. The van der Waals surface area contributed by atoms with Crippen molar-refractivity contribution in [1.29, 1.82) is 0 Å². The molecule has 8 heteroatoms. The first-order valence-electron chi connectivity index (χ1n) is 9.30. The summed E-state index contributed by atoms with van der Waals surface area (Å²) in [5, 5.41) is 10.1. The van der Waals surface area contributed by atoms with Crippen LogP contribution in [0.15, 0.2) is 65.6 Å². The first-order chi connectivity index (χ1) is 14.3. The van der Waals surface area contributed by atoms with Crippen LogP contribution >= 0.6 is 0 Å². The first kappa shape index (κ1) is 19.9. The van der Waals surface area contributed by atoms with Gasteiger partial charge in [0.05, 0.1) is 23.9 Å². The van der Waals surface area contributed by atoms with E-state index in [9.17, 15) is 13.2 Å². The molecule has 4 N–H and O–H groups in total. The van der Waals surface area contributed by atoms with Gasteiger partial charge in [0.2, 0.25) is 15.9 Å². The van der Waals surface area contributed by atoms with Crippen molar-refractivity contribution < 1.29 is 17.9 Å². The van der Waals surface area contributed by atoms with Crippen LogP contribution in [0.25, 0.3) is 21.8 Å². The van der Waals surface area contributed by atoms with E-state index in [0.717, 1.165) is 38.7 Å². The van der Waals surface area contributed by atoms with Gasteiger partial charge in [0.1, 0.15) is 5.75 Å². The Balaban J connectivity index is 1.44. The molecule has 0 unspecified atom stereocenters. The highest BCUT2D eigenvalue weighted by Gasteiger charge is 2.10. The van der Waals surface area contributed by atoms with Gasteiger partial charge in [-0.2, -0.15) is 0 Å². The molecule has 154 valence electrons. The molecule has 4 rings (SSSR count). The molecule has 0 saturated heterocycles. The minimum Gasteiger partial charge on any atom is -0.497 e. The van der Waals surface area contributed by atoms with Crippen molar-refractivity contribution in [2.75, 3.05) is 7.11 Å². The van der Waals surface area contributed by atoms with E-state index < -0.39 is 10.0 Å². The van der Waals surface area contributed by atoms with Crippen molar-refractivity contribution in [3.05, 3.63) is 71.8 Å². The van der Waals surface area contributed by atoms with Crippen LogP contribution < -0.4 is 15.2 Å². The first-order valence-corrected chi connectivity index (χ1v) is 10.8. The van der Waals surface area contributed by atoms with Crippen LogP contribution in [-0.2, 0) is 27.8 Å². The molecule has 0 aliphatic heterocycles. The van der Waals surface area contributed by atoms with Gasteiger partial charge in [-0.3, -0.25) is 4.79 Å². The Bertz CT molecular complexity index is 1340. The number of benzene rings is 3. The van der Waals surface area contributed by atoms with Gasteiger partial charge >= 0.3 is 0 Å². The number of amides is 1. The second-order valence-electron chi connectivity index (χ2n) is 7.06. The molecular formula is C22H21N3O4S. The van der Waals surface area contributed by atoms with Crippen LogP contribution in [0.2, 0.25) is 0 Å². The minimum atomic E-state index is -3.72. The Kier molecular flexibility index (Phi) is 5.19. The van der Waals surface area contributed by atoms with E-state index in [4.69, 9.17) is 9.88 Å². The summed E-state index contributed by atoms with van der Waals surface area (Å²) in [5.74, 6) is 0.661. The van der Waals surface area contributed by atoms with Crippen LogP contribution in [-0.4, -0.2) is 26.4 Å². The van der Waals surface area contributed by atoms with Crippen molar-refractivity contribution in [1.82, 2.24) is 10.3 Å². The number of nitrogens with one attached hydrogen (secondary N) is 2. The van der Waals surface area contributed by atoms with Crippen LogP contribution in [0.1, 0.15) is 11.1 Å². The summed E-state index contributed by atoms with van der Waals surface area (Å²) in [4.78, 5) is 15.8. The maximum Gasteiger partial charge on any atom is 0.238 e. The molecule has 7 nitrogen and oxygen atoms in total. The summed E-state index contributed by atoms with van der Waals surface area (Å²) in [6, 6.07) is 17.9. The number of sulfonamides is 1. The summed E-state index contributed by atoms with van der Waals surface area (Å²) in [7, 11) is -2.09. The Morgan fingerprint density at radius 2 is 1.60 bits per heavy atom. The number of nitrogens with two attached hydrogens (primary N) is 1. The zero-order valence-electron chi connectivity index (χ0n) is 16.3. The molecule has 3 aromatic carbocycles. The lowest BCUT2D eigenvalue weighted by Crippen LogP contribution is -2.24. The van der Waals surface area contributed by atoms with E-state index in [1.807, 2.05) is 36.4 Å².